The molecule has 1 saturated heterocycles. The van der Waals surface area contributed by atoms with Gasteiger partial charge in [-0.3, -0.25) is 0 Å². The highest BCUT2D eigenvalue weighted by Gasteiger charge is 2.11. The Balaban J connectivity index is 2.41. The van der Waals surface area contributed by atoms with Crippen molar-refractivity contribution in [1.82, 2.24) is 0 Å². The summed E-state index contributed by atoms with van der Waals surface area (Å²) in [4.78, 5) is 0. The molecule has 0 bridgehead atoms. The summed E-state index contributed by atoms with van der Waals surface area (Å²) in [5.41, 5.74) is 0.688. The van der Waals surface area contributed by atoms with Crippen LogP contribution in [0.4, 0.5) is 0 Å². The average Bonchev–Trinajstić information content (AvgIpc) is 1.99. The summed E-state index contributed by atoms with van der Waals surface area (Å²) in [6.07, 6.45) is -0.549. The molecule has 0 aromatic rings. The molecule has 0 radical (unpaired) electrons. The topological polar surface area (TPSA) is 38.7 Å². The first-order valence-electron chi connectivity index (χ1n) is 2.82. The van der Waals surface area contributed by atoms with Gasteiger partial charge in [0.1, 0.15) is 12.9 Å². The fourth-order valence-electron chi connectivity index (χ4n) is 0.605. The zero-order valence-electron chi connectivity index (χ0n) is 5.17. The highest BCUT2D eigenvalue weighted by molar-refractivity contribution is 5.02. The fourth-order valence-corrected chi connectivity index (χ4v) is 0.605. The summed E-state index contributed by atoms with van der Waals surface area (Å²) in [5.74, 6) is 0. The standard InChI is InChI=1S/C6H10O3/c1-5-2-8-4-9-3-6(5)7/h6-7H,1-4H2. The van der Waals surface area contributed by atoms with Crippen molar-refractivity contribution in [3.05, 3.63) is 12.2 Å². The molecule has 1 aliphatic rings. The molecule has 0 spiro atoms. The molecule has 0 aromatic heterocycles. The van der Waals surface area contributed by atoms with Crippen LogP contribution in [0.15, 0.2) is 12.2 Å². The Morgan fingerprint density at radius 3 is 3.11 bits per heavy atom. The van der Waals surface area contributed by atoms with E-state index in [1.165, 1.54) is 0 Å². The zero-order chi connectivity index (χ0) is 6.69. The van der Waals surface area contributed by atoms with Crippen LogP contribution in [0.3, 0.4) is 0 Å². The molecule has 1 heterocycles. The first kappa shape index (κ1) is 6.74. The van der Waals surface area contributed by atoms with E-state index in [4.69, 9.17) is 14.6 Å². The van der Waals surface area contributed by atoms with Crippen molar-refractivity contribution in [3.8, 4) is 0 Å². The van der Waals surface area contributed by atoms with Gasteiger partial charge in [0, 0.05) is 0 Å². The minimum absolute atomic E-state index is 0.260. The first-order valence-corrected chi connectivity index (χ1v) is 2.82. The number of rotatable bonds is 0. The third-order valence-electron chi connectivity index (χ3n) is 1.20. The summed E-state index contributed by atoms with van der Waals surface area (Å²) < 4.78 is 9.74. The Morgan fingerprint density at radius 1 is 1.56 bits per heavy atom. The summed E-state index contributed by atoms with van der Waals surface area (Å²) in [7, 11) is 0. The number of hydrogen-bond acceptors (Lipinski definition) is 3. The number of aliphatic hydroxyl groups excluding tert-OH is 1. The summed E-state index contributed by atoms with van der Waals surface area (Å²) in [6.45, 7) is 4.57. The molecule has 1 atom stereocenters. The van der Waals surface area contributed by atoms with E-state index in [1.807, 2.05) is 0 Å². The van der Waals surface area contributed by atoms with Gasteiger partial charge < -0.3 is 14.6 Å². The van der Waals surface area contributed by atoms with Gasteiger partial charge in [0.25, 0.3) is 0 Å². The van der Waals surface area contributed by atoms with Crippen LogP contribution >= 0.6 is 0 Å². The van der Waals surface area contributed by atoms with Gasteiger partial charge in [-0.15, -0.1) is 0 Å². The maximum atomic E-state index is 9.05. The quantitative estimate of drug-likeness (QED) is 0.466. The van der Waals surface area contributed by atoms with E-state index in [2.05, 4.69) is 6.58 Å². The van der Waals surface area contributed by atoms with Crippen molar-refractivity contribution in [2.75, 3.05) is 20.0 Å². The Morgan fingerprint density at radius 2 is 2.33 bits per heavy atom. The zero-order valence-corrected chi connectivity index (χ0v) is 5.17. The minimum atomic E-state index is -0.549. The predicted molar refractivity (Wildman–Crippen MR) is 31.9 cm³/mol. The van der Waals surface area contributed by atoms with Gasteiger partial charge in [-0.2, -0.15) is 0 Å². The molecule has 0 saturated carbocycles. The average molecular weight is 130 g/mol. The maximum Gasteiger partial charge on any atom is 0.147 e. The minimum Gasteiger partial charge on any atom is -0.386 e. The largest absolute Gasteiger partial charge is 0.386 e. The van der Waals surface area contributed by atoms with Gasteiger partial charge >= 0.3 is 0 Å². The normalized spacial score (nSPS) is 29.9. The predicted octanol–water partition coefficient (Wildman–Crippen LogP) is -0.0922. The lowest BCUT2D eigenvalue weighted by molar-refractivity contribution is -0.0419. The number of hydrogen-bond donors (Lipinski definition) is 1. The van der Waals surface area contributed by atoms with E-state index in [9.17, 15) is 0 Å². The van der Waals surface area contributed by atoms with E-state index >= 15 is 0 Å². The van der Waals surface area contributed by atoms with Crippen LogP contribution in [0.1, 0.15) is 0 Å². The van der Waals surface area contributed by atoms with Crippen molar-refractivity contribution in [1.29, 1.82) is 0 Å². The summed E-state index contributed by atoms with van der Waals surface area (Å²) in [6, 6.07) is 0. The van der Waals surface area contributed by atoms with Crippen LogP contribution in [-0.2, 0) is 9.47 Å². The molecular weight excluding hydrogens is 120 g/mol. The van der Waals surface area contributed by atoms with E-state index < -0.39 is 6.10 Å². The van der Waals surface area contributed by atoms with Gasteiger partial charge in [-0.25, -0.2) is 0 Å². The molecule has 1 aliphatic heterocycles. The van der Waals surface area contributed by atoms with Crippen molar-refractivity contribution < 1.29 is 14.6 Å². The molecule has 3 heteroatoms. The van der Waals surface area contributed by atoms with Gasteiger partial charge in [0.05, 0.1) is 13.2 Å². The molecule has 1 unspecified atom stereocenters. The molecule has 0 aliphatic carbocycles. The van der Waals surface area contributed by atoms with Crippen molar-refractivity contribution in [2.24, 2.45) is 0 Å². The Hall–Kier alpha value is -0.380. The molecule has 0 aromatic carbocycles. The highest BCUT2D eigenvalue weighted by Crippen LogP contribution is 2.04. The molecular formula is C6H10O3. The van der Waals surface area contributed by atoms with Crippen LogP contribution in [0.25, 0.3) is 0 Å². The van der Waals surface area contributed by atoms with E-state index in [0.717, 1.165) is 0 Å². The molecule has 9 heavy (non-hydrogen) atoms. The smallest absolute Gasteiger partial charge is 0.147 e. The lowest BCUT2D eigenvalue weighted by Crippen LogP contribution is -2.15. The fraction of sp³-hybridized carbons (Fsp3) is 0.667. The van der Waals surface area contributed by atoms with Gasteiger partial charge in [0.15, 0.2) is 0 Å². The van der Waals surface area contributed by atoms with Crippen molar-refractivity contribution >= 4 is 0 Å². The van der Waals surface area contributed by atoms with Crippen molar-refractivity contribution in [3.63, 3.8) is 0 Å². The third kappa shape index (κ3) is 1.78. The molecule has 3 nitrogen and oxygen atoms in total. The molecule has 1 N–H and O–H groups in total. The highest BCUT2D eigenvalue weighted by atomic mass is 16.7. The van der Waals surface area contributed by atoms with E-state index in [1.54, 1.807) is 0 Å². The second kappa shape index (κ2) is 2.96. The monoisotopic (exact) mass is 130 g/mol. The van der Waals surface area contributed by atoms with E-state index in [-0.39, 0.29) is 6.79 Å². The van der Waals surface area contributed by atoms with Gasteiger partial charge in [0.2, 0.25) is 0 Å². The molecule has 0 amide bonds. The van der Waals surface area contributed by atoms with Crippen LogP contribution in [0.5, 0.6) is 0 Å². The summed E-state index contributed by atoms with van der Waals surface area (Å²) in [5, 5.41) is 9.05. The Labute approximate surface area is 53.9 Å². The SMILES string of the molecule is C=C1COCOCC1O. The Bertz CT molecular complexity index is 111. The van der Waals surface area contributed by atoms with E-state index in [0.29, 0.717) is 18.8 Å². The van der Waals surface area contributed by atoms with Crippen molar-refractivity contribution in [2.45, 2.75) is 6.10 Å². The molecule has 1 rings (SSSR count). The number of aliphatic hydroxyl groups is 1. The molecule has 52 valence electrons. The third-order valence-corrected chi connectivity index (χ3v) is 1.20. The lowest BCUT2D eigenvalue weighted by atomic mass is 10.2. The van der Waals surface area contributed by atoms with Crippen LogP contribution in [-0.4, -0.2) is 31.2 Å². The van der Waals surface area contributed by atoms with Gasteiger partial charge in [-0.05, 0) is 5.57 Å². The second-order valence-electron chi connectivity index (χ2n) is 2.01. The summed E-state index contributed by atoms with van der Waals surface area (Å²) >= 11 is 0. The second-order valence-corrected chi connectivity index (χ2v) is 2.01. The Kier molecular flexibility index (Phi) is 2.22. The van der Waals surface area contributed by atoms with Crippen LogP contribution in [0.2, 0.25) is 0 Å². The van der Waals surface area contributed by atoms with Crippen LogP contribution in [0, 0.1) is 0 Å². The molecule has 1 fully saturated rings. The lowest BCUT2D eigenvalue weighted by Gasteiger charge is -2.05. The number of ether oxygens (including phenoxy) is 2. The van der Waals surface area contributed by atoms with Gasteiger partial charge in [-0.1, -0.05) is 6.58 Å². The first-order chi connectivity index (χ1) is 4.30. The maximum absolute atomic E-state index is 9.05. The van der Waals surface area contributed by atoms with Crippen LogP contribution < -0.4 is 0 Å².